The number of halogens is 1. The Balaban J connectivity index is 2.52. The molecule has 0 aliphatic rings. The van der Waals surface area contributed by atoms with E-state index in [9.17, 15) is 4.79 Å². The summed E-state index contributed by atoms with van der Waals surface area (Å²) in [6.45, 7) is 0. The minimum atomic E-state index is -0.306. The SMILES string of the molecule is COC(=O)Cc1ncnc2ccc(Br)cc12. The molecule has 0 N–H and O–H groups in total. The van der Waals surface area contributed by atoms with Crippen molar-refractivity contribution < 1.29 is 9.53 Å². The van der Waals surface area contributed by atoms with E-state index in [1.165, 1.54) is 13.4 Å². The number of carbonyl (C=O) groups excluding carboxylic acids is 1. The van der Waals surface area contributed by atoms with Crippen LogP contribution in [0.25, 0.3) is 10.9 Å². The van der Waals surface area contributed by atoms with E-state index in [-0.39, 0.29) is 12.4 Å². The van der Waals surface area contributed by atoms with Crippen molar-refractivity contribution in [2.75, 3.05) is 7.11 Å². The van der Waals surface area contributed by atoms with Gasteiger partial charge in [0.2, 0.25) is 0 Å². The van der Waals surface area contributed by atoms with E-state index < -0.39 is 0 Å². The molecule has 0 unspecified atom stereocenters. The average Bonchev–Trinajstić information content (AvgIpc) is 2.29. The minimum absolute atomic E-state index is 0.159. The average molecular weight is 281 g/mol. The highest BCUT2D eigenvalue weighted by Gasteiger charge is 2.09. The fourth-order valence-corrected chi connectivity index (χ4v) is 1.79. The Bertz CT molecular complexity index is 542. The molecule has 0 atom stereocenters. The van der Waals surface area contributed by atoms with Gasteiger partial charge in [0.1, 0.15) is 6.33 Å². The maximum Gasteiger partial charge on any atom is 0.311 e. The lowest BCUT2D eigenvalue weighted by atomic mass is 10.1. The van der Waals surface area contributed by atoms with Gasteiger partial charge < -0.3 is 4.74 Å². The lowest BCUT2D eigenvalue weighted by Crippen LogP contribution is -2.06. The maximum atomic E-state index is 11.2. The van der Waals surface area contributed by atoms with Crippen LogP contribution < -0.4 is 0 Å². The second kappa shape index (κ2) is 4.57. The zero-order valence-corrected chi connectivity index (χ0v) is 10.2. The van der Waals surface area contributed by atoms with Crippen molar-refractivity contribution in [2.45, 2.75) is 6.42 Å². The molecule has 5 heteroatoms. The van der Waals surface area contributed by atoms with Gasteiger partial charge in [0.15, 0.2) is 0 Å². The third-order valence-corrected chi connectivity index (χ3v) is 2.71. The molecule has 0 radical (unpaired) electrons. The standard InChI is InChI=1S/C11H9BrN2O2/c1-16-11(15)5-10-8-4-7(12)2-3-9(8)13-6-14-10/h2-4,6H,5H2,1H3. The van der Waals surface area contributed by atoms with E-state index in [0.717, 1.165) is 15.4 Å². The van der Waals surface area contributed by atoms with Gasteiger partial charge in [-0.25, -0.2) is 9.97 Å². The van der Waals surface area contributed by atoms with E-state index in [1.54, 1.807) is 0 Å². The highest BCUT2D eigenvalue weighted by Crippen LogP contribution is 2.20. The van der Waals surface area contributed by atoms with Gasteiger partial charge in [-0.2, -0.15) is 0 Å². The number of hydrogen-bond donors (Lipinski definition) is 0. The van der Waals surface area contributed by atoms with Gasteiger partial charge in [-0.3, -0.25) is 4.79 Å². The van der Waals surface area contributed by atoms with Crippen LogP contribution in [0.15, 0.2) is 29.0 Å². The van der Waals surface area contributed by atoms with Crippen LogP contribution in [0, 0.1) is 0 Å². The molecule has 0 saturated heterocycles. The third kappa shape index (κ3) is 2.19. The van der Waals surface area contributed by atoms with Gasteiger partial charge >= 0.3 is 5.97 Å². The first-order chi connectivity index (χ1) is 7.70. The van der Waals surface area contributed by atoms with Crippen LogP contribution in [0.2, 0.25) is 0 Å². The summed E-state index contributed by atoms with van der Waals surface area (Å²) in [6.07, 6.45) is 1.61. The largest absolute Gasteiger partial charge is 0.469 e. The number of rotatable bonds is 2. The second-order valence-corrected chi connectivity index (χ2v) is 4.15. The summed E-state index contributed by atoms with van der Waals surface area (Å²) >= 11 is 3.38. The van der Waals surface area contributed by atoms with Crippen molar-refractivity contribution in [3.8, 4) is 0 Å². The Hall–Kier alpha value is -1.49. The Labute approximate surface area is 101 Å². The van der Waals surface area contributed by atoms with Crippen molar-refractivity contribution >= 4 is 32.8 Å². The number of benzene rings is 1. The molecule has 16 heavy (non-hydrogen) atoms. The Kier molecular flexibility index (Phi) is 3.14. The molecular formula is C11H9BrN2O2. The summed E-state index contributed by atoms with van der Waals surface area (Å²) in [6, 6.07) is 5.67. The molecule has 2 rings (SSSR count). The molecule has 0 aliphatic carbocycles. The Morgan fingerprint density at radius 2 is 2.25 bits per heavy atom. The normalized spacial score (nSPS) is 10.4. The lowest BCUT2D eigenvalue weighted by Gasteiger charge is -2.04. The molecule has 1 aromatic carbocycles. The molecular weight excluding hydrogens is 272 g/mol. The van der Waals surface area contributed by atoms with Crippen LogP contribution >= 0.6 is 15.9 Å². The summed E-state index contributed by atoms with van der Waals surface area (Å²) in [5, 5.41) is 0.863. The van der Waals surface area contributed by atoms with Crippen molar-refractivity contribution in [1.29, 1.82) is 0 Å². The molecule has 0 bridgehead atoms. The zero-order valence-electron chi connectivity index (χ0n) is 8.61. The number of aromatic nitrogens is 2. The van der Waals surface area contributed by atoms with Crippen LogP contribution in [-0.4, -0.2) is 23.0 Å². The van der Waals surface area contributed by atoms with Crippen LogP contribution in [0.1, 0.15) is 5.69 Å². The molecule has 0 saturated carbocycles. The number of nitrogens with zero attached hydrogens (tertiary/aromatic N) is 2. The topological polar surface area (TPSA) is 52.1 Å². The summed E-state index contributed by atoms with van der Waals surface area (Å²) in [5.74, 6) is -0.306. The quantitative estimate of drug-likeness (QED) is 0.791. The van der Waals surface area contributed by atoms with E-state index in [2.05, 4.69) is 30.6 Å². The zero-order chi connectivity index (χ0) is 11.5. The molecule has 1 aromatic heterocycles. The Morgan fingerprint density at radius 3 is 3.00 bits per heavy atom. The molecule has 0 amide bonds. The Morgan fingerprint density at radius 1 is 1.44 bits per heavy atom. The smallest absolute Gasteiger partial charge is 0.311 e. The van der Waals surface area contributed by atoms with E-state index in [4.69, 9.17) is 0 Å². The number of carbonyl (C=O) groups is 1. The fraction of sp³-hybridized carbons (Fsp3) is 0.182. The number of esters is 1. The molecule has 82 valence electrons. The number of ether oxygens (including phenoxy) is 1. The first-order valence-electron chi connectivity index (χ1n) is 4.66. The van der Waals surface area contributed by atoms with Gasteiger partial charge in [-0.1, -0.05) is 15.9 Å². The van der Waals surface area contributed by atoms with E-state index >= 15 is 0 Å². The van der Waals surface area contributed by atoms with Crippen LogP contribution in [0.3, 0.4) is 0 Å². The van der Waals surface area contributed by atoms with E-state index in [0.29, 0.717) is 5.69 Å². The highest BCUT2D eigenvalue weighted by atomic mass is 79.9. The first kappa shape index (κ1) is 11.0. The van der Waals surface area contributed by atoms with Gasteiger partial charge in [0.05, 0.1) is 24.7 Å². The van der Waals surface area contributed by atoms with Gasteiger partial charge in [0, 0.05) is 9.86 Å². The van der Waals surface area contributed by atoms with Crippen molar-refractivity contribution in [3.05, 3.63) is 34.7 Å². The van der Waals surface area contributed by atoms with Crippen LogP contribution in [0.5, 0.6) is 0 Å². The second-order valence-electron chi connectivity index (χ2n) is 3.23. The molecule has 4 nitrogen and oxygen atoms in total. The van der Waals surface area contributed by atoms with Crippen molar-refractivity contribution in [2.24, 2.45) is 0 Å². The van der Waals surface area contributed by atoms with Gasteiger partial charge in [-0.15, -0.1) is 0 Å². The number of hydrogen-bond acceptors (Lipinski definition) is 4. The van der Waals surface area contributed by atoms with Gasteiger partial charge in [-0.05, 0) is 18.2 Å². The van der Waals surface area contributed by atoms with Crippen LogP contribution in [-0.2, 0) is 16.0 Å². The number of methoxy groups -OCH3 is 1. The predicted molar refractivity (Wildman–Crippen MR) is 63.0 cm³/mol. The van der Waals surface area contributed by atoms with Crippen LogP contribution in [0.4, 0.5) is 0 Å². The van der Waals surface area contributed by atoms with E-state index in [1.807, 2.05) is 18.2 Å². The molecule has 0 spiro atoms. The summed E-state index contributed by atoms with van der Waals surface area (Å²) in [4.78, 5) is 19.5. The van der Waals surface area contributed by atoms with Crippen molar-refractivity contribution in [3.63, 3.8) is 0 Å². The monoisotopic (exact) mass is 280 g/mol. The maximum absolute atomic E-state index is 11.2. The molecule has 1 heterocycles. The highest BCUT2D eigenvalue weighted by molar-refractivity contribution is 9.10. The molecule has 2 aromatic rings. The molecule has 0 fully saturated rings. The van der Waals surface area contributed by atoms with Gasteiger partial charge in [0.25, 0.3) is 0 Å². The van der Waals surface area contributed by atoms with Crippen molar-refractivity contribution in [1.82, 2.24) is 9.97 Å². The minimum Gasteiger partial charge on any atom is -0.469 e. The fourth-order valence-electron chi connectivity index (χ4n) is 1.43. The summed E-state index contributed by atoms with van der Waals surface area (Å²) < 4.78 is 5.55. The third-order valence-electron chi connectivity index (χ3n) is 2.22. The summed E-state index contributed by atoms with van der Waals surface area (Å²) in [7, 11) is 1.36. The molecule has 0 aliphatic heterocycles. The first-order valence-corrected chi connectivity index (χ1v) is 5.46. The lowest BCUT2D eigenvalue weighted by molar-refractivity contribution is -0.139. The predicted octanol–water partition coefficient (Wildman–Crippen LogP) is 2.11. The number of fused-ring (bicyclic) bond motifs is 1. The summed E-state index contributed by atoms with van der Waals surface area (Å²) in [5.41, 5.74) is 1.50.